The molecule has 1 aromatic carbocycles. The molecular weight excluding hydrogens is 322 g/mol. The van der Waals surface area contributed by atoms with E-state index in [1.807, 2.05) is 19.1 Å². The molecule has 9 nitrogen and oxygen atoms in total. The molecule has 0 aliphatic heterocycles. The first kappa shape index (κ1) is 14.9. The molecule has 3 aromatic heterocycles. The first-order valence-corrected chi connectivity index (χ1v) is 7.53. The van der Waals surface area contributed by atoms with Gasteiger partial charge in [0.25, 0.3) is 17.2 Å². The van der Waals surface area contributed by atoms with Crippen LogP contribution < -0.4 is 11.0 Å². The number of amides is 1. The Morgan fingerprint density at radius 1 is 1.12 bits per heavy atom. The van der Waals surface area contributed by atoms with Crippen LogP contribution in [0, 0.1) is 13.8 Å². The lowest BCUT2D eigenvalue weighted by Crippen LogP contribution is -2.33. The smallest absolute Gasteiger partial charge is 0.267 e. The van der Waals surface area contributed by atoms with E-state index in [4.69, 9.17) is 0 Å². The highest BCUT2D eigenvalue weighted by molar-refractivity contribution is 6.01. The van der Waals surface area contributed by atoms with E-state index < -0.39 is 5.56 Å². The van der Waals surface area contributed by atoms with Crippen molar-refractivity contribution in [3.63, 3.8) is 0 Å². The summed E-state index contributed by atoms with van der Waals surface area (Å²) in [5.41, 5.74) is 3.93. The van der Waals surface area contributed by atoms with Gasteiger partial charge in [0.2, 0.25) is 0 Å². The number of benzene rings is 1. The van der Waals surface area contributed by atoms with E-state index in [1.165, 1.54) is 10.7 Å². The Balaban J connectivity index is 1.80. The van der Waals surface area contributed by atoms with Crippen LogP contribution in [0.15, 0.2) is 41.3 Å². The van der Waals surface area contributed by atoms with Gasteiger partial charge in [0.15, 0.2) is 5.52 Å². The third kappa shape index (κ3) is 2.42. The second-order valence-electron chi connectivity index (χ2n) is 5.55. The average Bonchev–Trinajstić information content (AvgIpc) is 2.98. The Morgan fingerprint density at radius 3 is 2.72 bits per heavy atom. The van der Waals surface area contributed by atoms with E-state index >= 15 is 0 Å². The summed E-state index contributed by atoms with van der Waals surface area (Å²) < 4.78 is 2.54. The van der Waals surface area contributed by atoms with Crippen molar-refractivity contribution >= 4 is 22.7 Å². The van der Waals surface area contributed by atoms with Gasteiger partial charge in [-0.3, -0.25) is 15.0 Å². The number of aryl methyl sites for hydroxylation is 2. The zero-order valence-corrected chi connectivity index (χ0v) is 13.5. The van der Waals surface area contributed by atoms with Gasteiger partial charge in [-0.1, -0.05) is 18.2 Å². The van der Waals surface area contributed by atoms with Gasteiger partial charge in [0.1, 0.15) is 11.3 Å². The maximum Gasteiger partial charge on any atom is 0.299 e. The molecule has 0 aliphatic carbocycles. The monoisotopic (exact) mass is 335 g/mol. The molecule has 9 heteroatoms. The Hall–Kier alpha value is -3.62. The largest absolute Gasteiger partial charge is 0.299 e. The van der Waals surface area contributed by atoms with Crippen LogP contribution in [0.4, 0.5) is 0 Å². The number of rotatable bonds is 2. The lowest BCUT2D eigenvalue weighted by atomic mass is 10.1. The lowest BCUT2D eigenvalue weighted by molar-refractivity contribution is 0.101. The fourth-order valence-corrected chi connectivity index (χ4v) is 2.59. The van der Waals surface area contributed by atoms with E-state index in [-0.39, 0.29) is 11.4 Å². The molecule has 0 saturated heterocycles. The number of hydrogen-bond donors (Lipinski definition) is 1. The van der Waals surface area contributed by atoms with Crippen LogP contribution >= 0.6 is 0 Å². The maximum absolute atomic E-state index is 12.6. The molecule has 0 unspecified atom stereocenters. The number of nitrogens with one attached hydrogen (secondary N) is 1. The second kappa shape index (κ2) is 5.48. The predicted octanol–water partition coefficient (Wildman–Crippen LogP) is 0.835. The van der Waals surface area contributed by atoms with Crippen molar-refractivity contribution < 1.29 is 4.79 Å². The van der Waals surface area contributed by atoms with E-state index in [0.717, 1.165) is 10.2 Å². The molecule has 4 rings (SSSR count). The first-order chi connectivity index (χ1) is 12.0. The molecule has 0 bridgehead atoms. The van der Waals surface area contributed by atoms with Crippen LogP contribution in [0.1, 0.15) is 21.7 Å². The van der Waals surface area contributed by atoms with Gasteiger partial charge < -0.3 is 0 Å². The number of pyridine rings is 1. The summed E-state index contributed by atoms with van der Waals surface area (Å²) in [7, 11) is 0. The zero-order chi connectivity index (χ0) is 17.6. The summed E-state index contributed by atoms with van der Waals surface area (Å²) in [5, 5.41) is 12.0. The predicted molar refractivity (Wildman–Crippen MR) is 90.0 cm³/mol. The van der Waals surface area contributed by atoms with Crippen molar-refractivity contribution in [2.24, 2.45) is 0 Å². The molecule has 3 heterocycles. The highest BCUT2D eigenvalue weighted by atomic mass is 16.2. The van der Waals surface area contributed by atoms with Gasteiger partial charge in [-0.2, -0.15) is 9.50 Å². The summed E-state index contributed by atoms with van der Waals surface area (Å²) in [5.74, 6) is 0.454. The van der Waals surface area contributed by atoms with Crippen LogP contribution in [-0.2, 0) is 0 Å². The third-order valence-corrected chi connectivity index (χ3v) is 3.82. The normalized spacial score (nSPS) is 11.1. The minimum Gasteiger partial charge on any atom is -0.267 e. The van der Waals surface area contributed by atoms with Crippen molar-refractivity contribution in [2.45, 2.75) is 13.8 Å². The summed E-state index contributed by atoms with van der Waals surface area (Å²) in [4.78, 5) is 29.1. The molecular formula is C16H13N7O2. The number of aromatic nitrogens is 6. The summed E-state index contributed by atoms with van der Waals surface area (Å²) in [6.45, 7) is 3.55. The van der Waals surface area contributed by atoms with Gasteiger partial charge in [-0.25, -0.2) is 4.68 Å². The molecule has 0 aliphatic rings. The molecule has 4 aromatic rings. The highest BCUT2D eigenvalue weighted by Gasteiger charge is 2.14. The second-order valence-corrected chi connectivity index (χ2v) is 5.55. The van der Waals surface area contributed by atoms with Gasteiger partial charge in [-0.05, 0) is 31.5 Å². The minimum atomic E-state index is -0.498. The fraction of sp³-hybridized carbons (Fsp3) is 0.125. The van der Waals surface area contributed by atoms with E-state index in [2.05, 4.69) is 25.7 Å². The van der Waals surface area contributed by atoms with E-state index in [9.17, 15) is 9.59 Å². The number of carbonyl (C=O) groups excluding carboxylic acids is 1. The summed E-state index contributed by atoms with van der Waals surface area (Å²) in [6.07, 6.45) is 1.46. The first-order valence-electron chi connectivity index (χ1n) is 7.53. The number of fused-ring (bicyclic) bond motifs is 3. The fourth-order valence-electron chi connectivity index (χ4n) is 2.59. The standard InChI is InChI=1S/C16H13N7O2/c1-9-5-3-4-6-11(9)14(24)21-22-8-7-12-13(15(22)25)18-19-16-17-10(2)20-23(12)16/h3-8H,1-2H3,(H,21,24). The molecule has 1 N–H and O–H groups in total. The van der Waals surface area contributed by atoms with Crippen molar-refractivity contribution in [1.29, 1.82) is 0 Å². The van der Waals surface area contributed by atoms with Crippen LogP contribution in [0.5, 0.6) is 0 Å². The van der Waals surface area contributed by atoms with Crippen molar-refractivity contribution in [3.8, 4) is 0 Å². The highest BCUT2D eigenvalue weighted by Crippen LogP contribution is 2.09. The van der Waals surface area contributed by atoms with Gasteiger partial charge in [0, 0.05) is 11.8 Å². The van der Waals surface area contributed by atoms with E-state index in [1.54, 1.807) is 25.1 Å². The molecule has 0 fully saturated rings. The molecule has 124 valence electrons. The Bertz CT molecular complexity index is 1190. The molecule has 25 heavy (non-hydrogen) atoms. The van der Waals surface area contributed by atoms with Crippen LogP contribution in [0.3, 0.4) is 0 Å². The van der Waals surface area contributed by atoms with Crippen LogP contribution in [-0.4, -0.2) is 35.4 Å². The summed E-state index contributed by atoms with van der Waals surface area (Å²) >= 11 is 0. The SMILES string of the molecule is Cc1nc2nnc3c(=O)n(NC(=O)c4ccccc4C)ccc3n2n1. The molecule has 1 amide bonds. The Kier molecular flexibility index (Phi) is 3.27. The van der Waals surface area contributed by atoms with Gasteiger partial charge in [0.05, 0.1) is 0 Å². The minimum absolute atomic E-state index is 0.0879. The maximum atomic E-state index is 12.6. The summed E-state index contributed by atoms with van der Waals surface area (Å²) in [6, 6.07) is 8.76. The van der Waals surface area contributed by atoms with Crippen LogP contribution in [0.2, 0.25) is 0 Å². The quantitative estimate of drug-likeness (QED) is 0.581. The lowest BCUT2D eigenvalue weighted by Gasteiger charge is -2.10. The number of hydrogen-bond acceptors (Lipinski definition) is 6. The van der Waals surface area contributed by atoms with Crippen molar-refractivity contribution in [2.75, 3.05) is 5.43 Å². The molecule has 0 spiro atoms. The third-order valence-electron chi connectivity index (χ3n) is 3.82. The van der Waals surface area contributed by atoms with Gasteiger partial charge in [-0.15, -0.1) is 15.3 Å². The number of carbonyl (C=O) groups is 1. The topological polar surface area (TPSA) is 107 Å². The molecule has 0 radical (unpaired) electrons. The van der Waals surface area contributed by atoms with Crippen LogP contribution in [0.25, 0.3) is 16.8 Å². The average molecular weight is 335 g/mol. The zero-order valence-electron chi connectivity index (χ0n) is 13.5. The Labute approximate surface area is 140 Å². The Morgan fingerprint density at radius 2 is 1.92 bits per heavy atom. The molecule has 0 saturated carbocycles. The van der Waals surface area contributed by atoms with Gasteiger partial charge >= 0.3 is 0 Å². The van der Waals surface area contributed by atoms with Crippen molar-refractivity contribution in [1.82, 2.24) is 29.5 Å². The number of nitrogens with zero attached hydrogens (tertiary/aromatic N) is 6. The van der Waals surface area contributed by atoms with Crippen molar-refractivity contribution in [3.05, 3.63) is 63.8 Å². The molecule has 0 atom stereocenters. The van der Waals surface area contributed by atoms with E-state index in [0.29, 0.717) is 22.7 Å².